The van der Waals surface area contributed by atoms with E-state index in [1.54, 1.807) is 0 Å². The number of rotatable bonds is 6. The SMILES string of the molecule is CC(C)(NS(=O)(=O)c1cccc(C(F)(F)F)c1)C(=O)CC1C2CC3CC(C2)CC1C3. The Morgan fingerprint density at radius 2 is 1.60 bits per heavy atom. The van der Waals surface area contributed by atoms with Crippen LogP contribution in [0.3, 0.4) is 0 Å². The maximum Gasteiger partial charge on any atom is 0.416 e. The number of halogens is 3. The second kappa shape index (κ2) is 7.33. The Kier molecular flexibility index (Phi) is 5.33. The Balaban J connectivity index is 1.47. The molecule has 5 rings (SSSR count). The highest BCUT2D eigenvalue weighted by atomic mass is 32.2. The number of carbonyl (C=O) groups is 1. The molecule has 0 amide bonds. The van der Waals surface area contributed by atoms with Crippen LogP contribution in [-0.2, 0) is 21.0 Å². The molecule has 0 aromatic heterocycles. The summed E-state index contributed by atoms with van der Waals surface area (Å²) in [7, 11) is -4.28. The molecule has 0 saturated heterocycles. The van der Waals surface area contributed by atoms with E-state index in [0.29, 0.717) is 30.2 Å². The molecule has 0 atom stereocenters. The second-order valence-electron chi connectivity index (χ2n) is 9.98. The van der Waals surface area contributed by atoms with Gasteiger partial charge in [-0.1, -0.05) is 6.07 Å². The lowest BCUT2D eigenvalue weighted by Gasteiger charge is -2.54. The molecule has 4 nitrogen and oxygen atoms in total. The van der Waals surface area contributed by atoms with Crippen LogP contribution < -0.4 is 4.72 Å². The molecule has 30 heavy (non-hydrogen) atoms. The predicted molar refractivity (Wildman–Crippen MR) is 106 cm³/mol. The molecular weight excluding hydrogens is 415 g/mol. The number of ketones is 1. The minimum Gasteiger partial charge on any atom is -0.298 e. The normalized spacial score (nSPS) is 31.2. The van der Waals surface area contributed by atoms with Crippen LogP contribution in [0.4, 0.5) is 13.2 Å². The van der Waals surface area contributed by atoms with Gasteiger partial charge in [0, 0.05) is 6.42 Å². The fraction of sp³-hybridized carbons (Fsp3) is 0.682. The van der Waals surface area contributed by atoms with Crippen LogP contribution in [0.25, 0.3) is 0 Å². The van der Waals surface area contributed by atoms with Crippen molar-refractivity contribution in [1.29, 1.82) is 0 Å². The lowest BCUT2D eigenvalue weighted by molar-refractivity contribution is -0.137. The summed E-state index contributed by atoms with van der Waals surface area (Å²) in [6, 6.07) is 3.58. The summed E-state index contributed by atoms with van der Waals surface area (Å²) in [5, 5.41) is 0. The average molecular weight is 444 g/mol. The summed E-state index contributed by atoms with van der Waals surface area (Å²) in [4.78, 5) is 12.6. The van der Waals surface area contributed by atoms with E-state index in [-0.39, 0.29) is 5.78 Å². The molecule has 4 aliphatic rings. The first kappa shape index (κ1) is 21.8. The molecule has 1 N–H and O–H groups in total. The quantitative estimate of drug-likeness (QED) is 0.687. The Labute approximate surface area is 175 Å². The first-order valence-corrected chi connectivity index (χ1v) is 12.1. The minimum absolute atomic E-state index is 0.199. The number of benzene rings is 1. The average Bonchev–Trinajstić information content (AvgIpc) is 2.62. The predicted octanol–water partition coefficient (Wildman–Crippen LogP) is 4.79. The molecule has 0 aliphatic heterocycles. The number of sulfonamides is 1. The molecule has 1 aromatic rings. The van der Waals surface area contributed by atoms with Gasteiger partial charge in [-0.25, -0.2) is 8.42 Å². The van der Waals surface area contributed by atoms with Crippen molar-refractivity contribution in [2.45, 2.75) is 69.0 Å². The maximum atomic E-state index is 13.1. The zero-order valence-electron chi connectivity index (χ0n) is 17.2. The first-order valence-electron chi connectivity index (χ1n) is 10.6. The third-order valence-corrected chi connectivity index (χ3v) is 9.05. The molecule has 0 spiro atoms. The molecule has 4 saturated carbocycles. The first-order chi connectivity index (χ1) is 13.8. The largest absolute Gasteiger partial charge is 0.416 e. The highest BCUT2D eigenvalue weighted by molar-refractivity contribution is 7.89. The van der Waals surface area contributed by atoms with Crippen LogP contribution in [0.1, 0.15) is 57.9 Å². The van der Waals surface area contributed by atoms with Crippen LogP contribution in [0, 0.1) is 29.6 Å². The number of carbonyl (C=O) groups excluding carboxylic acids is 1. The summed E-state index contributed by atoms with van der Waals surface area (Å²) in [6.07, 6.45) is 1.67. The van der Waals surface area contributed by atoms with Crippen LogP contribution >= 0.6 is 0 Å². The van der Waals surface area contributed by atoms with Crippen molar-refractivity contribution in [1.82, 2.24) is 4.72 Å². The Bertz CT molecular complexity index is 911. The Morgan fingerprint density at radius 1 is 1.03 bits per heavy atom. The maximum absolute atomic E-state index is 13.1. The van der Waals surface area contributed by atoms with Gasteiger partial charge in [0.25, 0.3) is 0 Å². The molecule has 4 bridgehead atoms. The summed E-state index contributed by atoms with van der Waals surface area (Å²) < 4.78 is 66.7. The molecule has 1 aromatic carbocycles. The highest BCUT2D eigenvalue weighted by Crippen LogP contribution is 2.57. The highest BCUT2D eigenvalue weighted by Gasteiger charge is 2.49. The van der Waals surface area contributed by atoms with E-state index in [1.807, 2.05) is 0 Å². The topological polar surface area (TPSA) is 63.2 Å². The van der Waals surface area contributed by atoms with Crippen LogP contribution in [-0.4, -0.2) is 19.7 Å². The van der Waals surface area contributed by atoms with Gasteiger partial charge in [-0.3, -0.25) is 4.79 Å². The Hall–Kier alpha value is -1.41. The fourth-order valence-electron chi connectivity index (χ4n) is 6.13. The lowest BCUT2D eigenvalue weighted by atomic mass is 9.51. The van der Waals surface area contributed by atoms with E-state index in [9.17, 15) is 26.4 Å². The van der Waals surface area contributed by atoms with Crippen molar-refractivity contribution in [2.75, 3.05) is 0 Å². The minimum atomic E-state index is -4.64. The second-order valence-corrected chi connectivity index (χ2v) is 11.7. The number of hydrogen-bond acceptors (Lipinski definition) is 3. The molecule has 0 unspecified atom stereocenters. The third kappa shape index (κ3) is 4.17. The van der Waals surface area contributed by atoms with Gasteiger partial charge in [-0.15, -0.1) is 0 Å². The summed E-state index contributed by atoms with van der Waals surface area (Å²) in [6.45, 7) is 2.99. The van der Waals surface area contributed by atoms with E-state index >= 15 is 0 Å². The molecule has 4 aliphatic carbocycles. The van der Waals surface area contributed by atoms with E-state index < -0.39 is 32.2 Å². The number of alkyl halides is 3. The summed E-state index contributed by atoms with van der Waals surface area (Å²) >= 11 is 0. The molecule has 8 heteroatoms. The number of hydrogen-bond donors (Lipinski definition) is 1. The monoisotopic (exact) mass is 443 g/mol. The number of nitrogens with one attached hydrogen (secondary N) is 1. The smallest absolute Gasteiger partial charge is 0.298 e. The fourth-order valence-corrected chi connectivity index (χ4v) is 7.58. The summed E-state index contributed by atoms with van der Waals surface area (Å²) in [5.41, 5.74) is -2.43. The number of Topliss-reactive ketones (excluding diaryl/α,β-unsaturated/α-hetero) is 1. The van der Waals surface area contributed by atoms with Crippen molar-refractivity contribution in [3.63, 3.8) is 0 Å². The van der Waals surface area contributed by atoms with Gasteiger partial charge in [0.1, 0.15) is 0 Å². The van der Waals surface area contributed by atoms with Crippen LogP contribution in [0.5, 0.6) is 0 Å². The molecule has 0 radical (unpaired) electrons. The lowest BCUT2D eigenvalue weighted by Crippen LogP contribution is -2.52. The van der Waals surface area contributed by atoms with E-state index in [1.165, 1.54) is 46.0 Å². The van der Waals surface area contributed by atoms with E-state index in [4.69, 9.17) is 0 Å². The van der Waals surface area contributed by atoms with Gasteiger partial charge >= 0.3 is 6.18 Å². The van der Waals surface area contributed by atoms with Crippen LogP contribution in [0.15, 0.2) is 29.2 Å². The van der Waals surface area contributed by atoms with Gasteiger partial charge in [0.15, 0.2) is 5.78 Å². The van der Waals surface area contributed by atoms with Crippen molar-refractivity contribution in [3.8, 4) is 0 Å². The zero-order chi connectivity index (χ0) is 21.9. The zero-order valence-corrected chi connectivity index (χ0v) is 18.0. The van der Waals surface area contributed by atoms with E-state index in [2.05, 4.69) is 4.72 Å². The van der Waals surface area contributed by atoms with Crippen molar-refractivity contribution < 1.29 is 26.4 Å². The molecular formula is C22H28F3NO3S. The third-order valence-electron chi connectivity index (χ3n) is 7.40. The van der Waals surface area contributed by atoms with Gasteiger partial charge in [-0.2, -0.15) is 17.9 Å². The van der Waals surface area contributed by atoms with E-state index in [0.717, 1.165) is 30.0 Å². The molecule has 4 fully saturated rings. The van der Waals surface area contributed by atoms with Gasteiger partial charge in [0.05, 0.1) is 16.0 Å². The van der Waals surface area contributed by atoms with Gasteiger partial charge in [0.2, 0.25) is 10.0 Å². The standard InChI is InChI=1S/C22H28F3NO3S/c1-21(2,26-30(28,29)18-5-3-4-17(11-18)22(23,24)25)20(27)12-19-15-7-13-6-14(9-15)10-16(19)8-13/h3-5,11,13-16,19,26H,6-10,12H2,1-2H3. The molecule has 0 heterocycles. The molecule has 166 valence electrons. The van der Waals surface area contributed by atoms with Crippen molar-refractivity contribution >= 4 is 15.8 Å². The van der Waals surface area contributed by atoms with Gasteiger partial charge in [-0.05, 0) is 93.7 Å². The van der Waals surface area contributed by atoms with Crippen molar-refractivity contribution in [3.05, 3.63) is 29.8 Å². The van der Waals surface area contributed by atoms with Crippen LogP contribution in [0.2, 0.25) is 0 Å². The summed E-state index contributed by atoms with van der Waals surface area (Å²) in [5.74, 6) is 2.75. The van der Waals surface area contributed by atoms with Crippen molar-refractivity contribution in [2.24, 2.45) is 29.6 Å². The Morgan fingerprint density at radius 3 is 2.13 bits per heavy atom. The van der Waals surface area contributed by atoms with Gasteiger partial charge < -0.3 is 0 Å².